The number of halogens is 3. The minimum atomic E-state index is -0.633. The second-order valence-corrected chi connectivity index (χ2v) is 11.7. The van der Waals surface area contributed by atoms with E-state index < -0.39 is 17.5 Å². The Morgan fingerprint density at radius 1 is 1.00 bits per heavy atom. The van der Waals surface area contributed by atoms with E-state index in [1.54, 1.807) is 29.2 Å². The Bertz CT molecular complexity index is 1470. The summed E-state index contributed by atoms with van der Waals surface area (Å²) in [5.74, 6) is -1.45. The van der Waals surface area contributed by atoms with E-state index in [0.717, 1.165) is 67.5 Å². The lowest BCUT2D eigenvalue weighted by Gasteiger charge is -2.39. The molecule has 1 aliphatic heterocycles. The number of nitrogens with two attached hydrogens (primary N) is 1. The van der Waals surface area contributed by atoms with Gasteiger partial charge >= 0.3 is 0 Å². The van der Waals surface area contributed by atoms with Crippen molar-refractivity contribution in [1.29, 1.82) is 0 Å². The number of aromatic amines is 1. The molecule has 2 aromatic carbocycles. The van der Waals surface area contributed by atoms with Crippen LogP contribution in [-0.4, -0.2) is 65.4 Å². The lowest BCUT2D eigenvalue weighted by atomic mass is 9.87. The van der Waals surface area contributed by atoms with Gasteiger partial charge in [-0.25, -0.2) is 8.78 Å². The minimum absolute atomic E-state index is 0.00450. The van der Waals surface area contributed by atoms with E-state index in [4.69, 9.17) is 17.3 Å². The summed E-state index contributed by atoms with van der Waals surface area (Å²) in [6, 6.07) is 12.2. The van der Waals surface area contributed by atoms with E-state index in [1.807, 2.05) is 0 Å². The number of hydrogen-bond donors (Lipinski definition) is 3. The number of fused-ring (bicyclic) bond motifs is 1. The Morgan fingerprint density at radius 3 is 2.28 bits per heavy atom. The first-order valence-corrected chi connectivity index (χ1v) is 15.1. The number of H-pyrrole nitrogens is 1. The Balaban J connectivity index is 1.15. The molecule has 1 unspecified atom stereocenters. The SMILES string of the molecule is NC(=O)C1CN(CCCCC(c2ccc(F)cc2)c2ccc(F)cc2)CCN1CC(=O)Nc1c2c([nH]c(=O)c1Cl)CCC2. The van der Waals surface area contributed by atoms with Crippen LogP contribution in [0.25, 0.3) is 0 Å². The van der Waals surface area contributed by atoms with Gasteiger partial charge in [-0.3, -0.25) is 24.2 Å². The van der Waals surface area contributed by atoms with Gasteiger partial charge in [-0.2, -0.15) is 0 Å². The molecule has 3 aromatic rings. The summed E-state index contributed by atoms with van der Waals surface area (Å²) < 4.78 is 27.1. The Kier molecular flexibility index (Phi) is 9.90. The van der Waals surface area contributed by atoms with Gasteiger partial charge in [0.05, 0.1) is 12.2 Å². The van der Waals surface area contributed by atoms with Crippen molar-refractivity contribution >= 4 is 29.1 Å². The van der Waals surface area contributed by atoms with Crippen molar-refractivity contribution in [2.45, 2.75) is 50.5 Å². The largest absolute Gasteiger partial charge is 0.368 e. The maximum Gasteiger partial charge on any atom is 0.269 e. The van der Waals surface area contributed by atoms with E-state index in [0.29, 0.717) is 25.3 Å². The molecule has 0 bridgehead atoms. The number of carbonyl (C=O) groups excluding carboxylic acids is 2. The third kappa shape index (κ3) is 7.49. The first kappa shape index (κ1) is 30.8. The number of anilines is 1. The maximum absolute atomic E-state index is 13.5. The van der Waals surface area contributed by atoms with Crippen LogP contribution in [0.3, 0.4) is 0 Å². The van der Waals surface area contributed by atoms with E-state index in [2.05, 4.69) is 15.2 Å². The Morgan fingerprint density at radius 2 is 1.65 bits per heavy atom. The first-order valence-electron chi connectivity index (χ1n) is 14.7. The topological polar surface area (TPSA) is 112 Å². The standard InChI is InChI=1S/C32H36ClF2N5O3/c33-29-30(25-5-3-6-26(25)37-32(29)43)38-28(41)19-40-17-16-39(18-27(40)31(36)42)15-2-1-4-24(20-7-11-22(34)12-8-20)21-9-13-23(35)14-10-21/h7-14,24,27H,1-6,15-19H2,(H2,36,42)(H2,37,38,41,43). The zero-order valence-electron chi connectivity index (χ0n) is 23.9. The highest BCUT2D eigenvalue weighted by Crippen LogP contribution is 2.32. The molecule has 1 atom stereocenters. The zero-order chi connectivity index (χ0) is 30.5. The monoisotopic (exact) mass is 611 g/mol. The molecular formula is C32H36ClF2N5O3. The van der Waals surface area contributed by atoms with Crippen molar-refractivity contribution in [2.24, 2.45) is 5.73 Å². The van der Waals surface area contributed by atoms with Crippen LogP contribution < -0.4 is 16.6 Å². The van der Waals surface area contributed by atoms with Crippen LogP contribution in [0.15, 0.2) is 53.3 Å². The van der Waals surface area contributed by atoms with Crippen LogP contribution in [0.4, 0.5) is 14.5 Å². The minimum Gasteiger partial charge on any atom is -0.368 e. The van der Waals surface area contributed by atoms with Gasteiger partial charge in [0.25, 0.3) is 5.56 Å². The molecule has 43 heavy (non-hydrogen) atoms. The third-order valence-electron chi connectivity index (χ3n) is 8.48. The molecule has 228 valence electrons. The summed E-state index contributed by atoms with van der Waals surface area (Å²) in [5, 5.41) is 2.78. The second kappa shape index (κ2) is 13.8. The molecule has 1 fully saturated rings. The Labute approximate surface area is 254 Å². The number of aromatic nitrogens is 1. The average molecular weight is 612 g/mol. The van der Waals surface area contributed by atoms with Crippen LogP contribution in [0.1, 0.15) is 54.0 Å². The quantitative estimate of drug-likeness (QED) is 0.281. The summed E-state index contributed by atoms with van der Waals surface area (Å²) in [5.41, 5.74) is 9.28. The lowest BCUT2D eigenvalue weighted by Crippen LogP contribution is -2.59. The maximum atomic E-state index is 13.5. The van der Waals surface area contributed by atoms with Gasteiger partial charge in [-0.15, -0.1) is 0 Å². The number of amides is 2. The normalized spacial score (nSPS) is 17.3. The van der Waals surface area contributed by atoms with Gasteiger partial charge in [0.15, 0.2) is 0 Å². The molecule has 0 spiro atoms. The Hall–Kier alpha value is -3.60. The van der Waals surface area contributed by atoms with Crippen molar-refractivity contribution in [3.63, 3.8) is 0 Å². The second-order valence-electron chi connectivity index (χ2n) is 11.3. The highest BCUT2D eigenvalue weighted by Gasteiger charge is 2.32. The van der Waals surface area contributed by atoms with Crippen LogP contribution >= 0.6 is 11.6 Å². The highest BCUT2D eigenvalue weighted by molar-refractivity contribution is 6.33. The number of piperazine rings is 1. The predicted molar refractivity (Wildman–Crippen MR) is 162 cm³/mol. The summed E-state index contributed by atoms with van der Waals surface area (Å²) in [4.78, 5) is 44.3. The summed E-state index contributed by atoms with van der Waals surface area (Å²) in [6.45, 7) is 2.25. The van der Waals surface area contributed by atoms with E-state index in [-0.39, 0.29) is 35.0 Å². The highest BCUT2D eigenvalue weighted by atomic mass is 35.5. The number of benzene rings is 2. The van der Waals surface area contributed by atoms with Crippen LogP contribution in [0.2, 0.25) is 5.02 Å². The van der Waals surface area contributed by atoms with Crippen molar-refractivity contribution in [3.05, 3.63) is 97.9 Å². The van der Waals surface area contributed by atoms with Crippen LogP contribution in [-0.2, 0) is 22.4 Å². The van der Waals surface area contributed by atoms with Crippen LogP contribution in [0.5, 0.6) is 0 Å². The molecule has 1 saturated heterocycles. The molecular weight excluding hydrogens is 576 g/mol. The third-order valence-corrected chi connectivity index (χ3v) is 8.84. The van der Waals surface area contributed by atoms with Crippen molar-refractivity contribution < 1.29 is 18.4 Å². The average Bonchev–Trinajstić information content (AvgIpc) is 3.45. The summed E-state index contributed by atoms with van der Waals surface area (Å²) >= 11 is 6.24. The lowest BCUT2D eigenvalue weighted by molar-refractivity contribution is -0.127. The molecule has 2 amide bonds. The number of rotatable bonds is 11. The summed E-state index contributed by atoms with van der Waals surface area (Å²) in [6.07, 6.45) is 4.85. The number of primary amides is 1. The van der Waals surface area contributed by atoms with Gasteiger partial charge in [-0.05, 0) is 79.6 Å². The molecule has 2 aliphatic rings. The number of pyridine rings is 1. The fourth-order valence-corrected chi connectivity index (χ4v) is 6.44. The molecule has 8 nitrogen and oxygen atoms in total. The molecule has 2 heterocycles. The number of hydrogen-bond acceptors (Lipinski definition) is 5. The molecule has 0 radical (unpaired) electrons. The van der Waals surface area contributed by atoms with Crippen molar-refractivity contribution in [3.8, 4) is 0 Å². The molecule has 5 rings (SSSR count). The number of nitrogens with one attached hydrogen (secondary N) is 2. The summed E-state index contributed by atoms with van der Waals surface area (Å²) in [7, 11) is 0. The number of carbonyl (C=O) groups is 2. The molecule has 1 aliphatic carbocycles. The van der Waals surface area contributed by atoms with Crippen molar-refractivity contribution in [1.82, 2.24) is 14.8 Å². The number of nitrogens with zero attached hydrogens (tertiary/aromatic N) is 2. The zero-order valence-corrected chi connectivity index (χ0v) is 24.6. The first-order chi connectivity index (χ1) is 20.7. The van der Waals surface area contributed by atoms with Gasteiger partial charge in [-0.1, -0.05) is 42.3 Å². The fraction of sp³-hybridized carbons (Fsp3) is 0.406. The fourth-order valence-electron chi connectivity index (χ4n) is 6.23. The smallest absolute Gasteiger partial charge is 0.269 e. The van der Waals surface area contributed by atoms with E-state index >= 15 is 0 Å². The molecule has 4 N–H and O–H groups in total. The van der Waals surface area contributed by atoms with Gasteiger partial charge in [0.2, 0.25) is 11.8 Å². The number of aryl methyl sites for hydroxylation is 1. The number of unbranched alkanes of at least 4 members (excludes halogenated alkanes) is 1. The van der Waals surface area contributed by atoms with E-state index in [1.165, 1.54) is 24.3 Å². The molecule has 0 saturated carbocycles. The van der Waals surface area contributed by atoms with Gasteiger partial charge in [0.1, 0.15) is 22.7 Å². The van der Waals surface area contributed by atoms with Crippen molar-refractivity contribution in [2.75, 3.05) is 38.0 Å². The van der Waals surface area contributed by atoms with E-state index in [9.17, 15) is 23.2 Å². The van der Waals surface area contributed by atoms with Gasteiger partial charge < -0.3 is 16.0 Å². The molecule has 11 heteroatoms. The molecule has 1 aromatic heterocycles. The van der Waals surface area contributed by atoms with Gasteiger partial charge in [0, 0.05) is 31.2 Å². The van der Waals surface area contributed by atoms with Crippen LogP contribution in [0, 0.1) is 11.6 Å². The predicted octanol–water partition coefficient (Wildman–Crippen LogP) is 4.21.